The Bertz CT molecular complexity index is 899. The van der Waals surface area contributed by atoms with Gasteiger partial charge in [-0.2, -0.15) is 0 Å². The van der Waals surface area contributed by atoms with Crippen molar-refractivity contribution in [2.75, 3.05) is 12.4 Å². The van der Waals surface area contributed by atoms with Crippen LogP contribution in [0.2, 0.25) is 0 Å². The van der Waals surface area contributed by atoms with Gasteiger partial charge in [0.1, 0.15) is 0 Å². The molecule has 0 spiro atoms. The number of para-hydroxylation sites is 2. The SMILES string of the molecule is COC(=O)c1ccc(C2(C)c3ccccc3Nc3ccccc32)cc1. The first-order valence-corrected chi connectivity index (χ1v) is 8.29. The Hall–Kier alpha value is -3.07. The monoisotopic (exact) mass is 329 g/mol. The van der Waals surface area contributed by atoms with Crippen LogP contribution in [0.15, 0.2) is 72.8 Å². The molecule has 0 bridgehead atoms. The third-order valence-corrected chi connectivity index (χ3v) is 5.08. The number of nitrogens with one attached hydrogen (secondary N) is 1. The summed E-state index contributed by atoms with van der Waals surface area (Å²) in [7, 11) is 1.40. The lowest BCUT2D eigenvalue weighted by molar-refractivity contribution is 0.0600. The highest BCUT2D eigenvalue weighted by Crippen LogP contribution is 2.49. The molecule has 1 aliphatic rings. The molecule has 0 radical (unpaired) electrons. The highest BCUT2D eigenvalue weighted by molar-refractivity contribution is 5.89. The summed E-state index contributed by atoms with van der Waals surface area (Å²) >= 11 is 0. The van der Waals surface area contributed by atoms with Gasteiger partial charge in [0.25, 0.3) is 0 Å². The van der Waals surface area contributed by atoms with E-state index >= 15 is 0 Å². The summed E-state index contributed by atoms with van der Waals surface area (Å²) in [4.78, 5) is 11.7. The van der Waals surface area contributed by atoms with Crippen molar-refractivity contribution < 1.29 is 9.53 Å². The number of carbonyl (C=O) groups excluding carboxylic acids is 1. The largest absolute Gasteiger partial charge is 0.465 e. The van der Waals surface area contributed by atoms with Gasteiger partial charge in [-0.15, -0.1) is 0 Å². The molecule has 124 valence electrons. The Kier molecular flexibility index (Phi) is 3.57. The van der Waals surface area contributed by atoms with Crippen LogP contribution in [-0.4, -0.2) is 13.1 Å². The molecule has 0 saturated heterocycles. The molecule has 4 rings (SSSR count). The molecule has 3 aromatic carbocycles. The van der Waals surface area contributed by atoms with Crippen LogP contribution in [0.25, 0.3) is 0 Å². The molecule has 3 aromatic rings. The molecular formula is C22H19NO2. The lowest BCUT2D eigenvalue weighted by Gasteiger charge is -2.39. The number of esters is 1. The average molecular weight is 329 g/mol. The molecule has 0 unspecified atom stereocenters. The molecule has 3 heteroatoms. The molecule has 0 amide bonds. The molecule has 0 fully saturated rings. The number of anilines is 2. The first-order valence-electron chi connectivity index (χ1n) is 8.29. The van der Waals surface area contributed by atoms with E-state index in [-0.39, 0.29) is 11.4 Å². The minimum atomic E-state index is -0.317. The first-order chi connectivity index (χ1) is 12.1. The maximum Gasteiger partial charge on any atom is 0.337 e. The topological polar surface area (TPSA) is 38.3 Å². The third-order valence-electron chi connectivity index (χ3n) is 5.08. The van der Waals surface area contributed by atoms with Gasteiger partial charge in [0.2, 0.25) is 0 Å². The number of carbonyl (C=O) groups is 1. The maximum atomic E-state index is 11.7. The van der Waals surface area contributed by atoms with Crippen molar-refractivity contribution in [2.45, 2.75) is 12.3 Å². The van der Waals surface area contributed by atoms with Crippen LogP contribution in [0.1, 0.15) is 34.0 Å². The molecule has 3 nitrogen and oxygen atoms in total. The number of methoxy groups -OCH3 is 1. The predicted molar refractivity (Wildman–Crippen MR) is 99.5 cm³/mol. The molecule has 1 heterocycles. The Balaban J connectivity index is 1.92. The fourth-order valence-electron chi connectivity index (χ4n) is 3.71. The second kappa shape index (κ2) is 5.78. The number of fused-ring (bicyclic) bond motifs is 2. The van der Waals surface area contributed by atoms with Gasteiger partial charge in [0, 0.05) is 16.8 Å². The van der Waals surface area contributed by atoms with Gasteiger partial charge < -0.3 is 10.1 Å². The van der Waals surface area contributed by atoms with E-state index in [2.05, 4.69) is 48.6 Å². The molecule has 0 saturated carbocycles. The van der Waals surface area contributed by atoms with Gasteiger partial charge in [0.05, 0.1) is 12.7 Å². The third kappa shape index (κ3) is 2.31. The molecule has 1 aliphatic heterocycles. The van der Waals surface area contributed by atoms with Crippen LogP contribution in [0.4, 0.5) is 11.4 Å². The van der Waals surface area contributed by atoms with Crippen LogP contribution < -0.4 is 5.32 Å². The predicted octanol–water partition coefficient (Wildman–Crippen LogP) is 4.88. The zero-order chi connectivity index (χ0) is 17.4. The van der Waals surface area contributed by atoms with Gasteiger partial charge in [-0.25, -0.2) is 4.79 Å². The van der Waals surface area contributed by atoms with E-state index in [0.717, 1.165) is 16.9 Å². The zero-order valence-corrected chi connectivity index (χ0v) is 14.2. The van der Waals surface area contributed by atoms with Crippen LogP contribution in [0, 0.1) is 0 Å². The van der Waals surface area contributed by atoms with E-state index in [4.69, 9.17) is 4.74 Å². The molecular weight excluding hydrogens is 310 g/mol. The number of hydrogen-bond acceptors (Lipinski definition) is 3. The van der Waals surface area contributed by atoms with Crippen LogP contribution in [-0.2, 0) is 10.2 Å². The smallest absolute Gasteiger partial charge is 0.337 e. The second-order valence-corrected chi connectivity index (χ2v) is 6.41. The lowest BCUT2D eigenvalue weighted by Crippen LogP contribution is -2.30. The normalized spacial score (nSPS) is 14.0. The summed E-state index contributed by atoms with van der Waals surface area (Å²) in [5, 5.41) is 3.53. The molecule has 0 aliphatic carbocycles. The summed E-state index contributed by atoms with van der Waals surface area (Å²) in [5.41, 5.74) is 6.07. The minimum Gasteiger partial charge on any atom is -0.465 e. The maximum absolute atomic E-state index is 11.7. The molecule has 25 heavy (non-hydrogen) atoms. The van der Waals surface area contributed by atoms with Crippen LogP contribution in [0.3, 0.4) is 0 Å². The first kappa shape index (κ1) is 15.5. The van der Waals surface area contributed by atoms with Crippen molar-refractivity contribution in [1.29, 1.82) is 0 Å². The van der Waals surface area contributed by atoms with E-state index in [1.165, 1.54) is 18.2 Å². The molecule has 1 N–H and O–H groups in total. The number of ether oxygens (including phenoxy) is 1. The summed E-state index contributed by atoms with van der Waals surface area (Å²) < 4.78 is 4.81. The van der Waals surface area contributed by atoms with Crippen LogP contribution in [0.5, 0.6) is 0 Å². The second-order valence-electron chi connectivity index (χ2n) is 6.41. The van der Waals surface area contributed by atoms with E-state index in [1.54, 1.807) is 0 Å². The standard InChI is InChI=1S/C22H19NO2/c1-22(16-13-11-15(12-14-16)21(24)25-2)17-7-3-5-9-19(17)23-20-10-6-4-8-18(20)22/h3-14,23H,1-2H3. The van der Waals surface area contributed by atoms with Crippen molar-refractivity contribution in [3.05, 3.63) is 95.1 Å². The Labute approximate surface area is 147 Å². The van der Waals surface area contributed by atoms with E-state index in [0.29, 0.717) is 5.56 Å². The van der Waals surface area contributed by atoms with Crippen molar-refractivity contribution in [3.8, 4) is 0 Å². The van der Waals surface area contributed by atoms with Crippen molar-refractivity contribution in [3.63, 3.8) is 0 Å². The summed E-state index contributed by atoms with van der Waals surface area (Å²) in [5.74, 6) is -0.317. The Morgan fingerprint density at radius 3 is 1.88 bits per heavy atom. The highest BCUT2D eigenvalue weighted by Gasteiger charge is 2.37. The molecule has 0 aromatic heterocycles. The Morgan fingerprint density at radius 1 is 0.840 bits per heavy atom. The van der Waals surface area contributed by atoms with E-state index in [1.807, 2.05) is 36.4 Å². The zero-order valence-electron chi connectivity index (χ0n) is 14.2. The molecule has 0 atom stereocenters. The average Bonchev–Trinajstić information content (AvgIpc) is 2.68. The summed E-state index contributed by atoms with van der Waals surface area (Å²) in [6.07, 6.45) is 0. The minimum absolute atomic E-state index is 0.299. The Morgan fingerprint density at radius 2 is 1.36 bits per heavy atom. The van der Waals surface area contributed by atoms with Gasteiger partial charge in [0.15, 0.2) is 0 Å². The van der Waals surface area contributed by atoms with Crippen molar-refractivity contribution >= 4 is 17.3 Å². The summed E-state index contributed by atoms with van der Waals surface area (Å²) in [6, 6.07) is 24.4. The number of benzene rings is 3. The highest BCUT2D eigenvalue weighted by atomic mass is 16.5. The van der Waals surface area contributed by atoms with Crippen molar-refractivity contribution in [1.82, 2.24) is 0 Å². The van der Waals surface area contributed by atoms with E-state index < -0.39 is 0 Å². The number of hydrogen-bond donors (Lipinski definition) is 1. The quantitative estimate of drug-likeness (QED) is 0.681. The number of rotatable bonds is 2. The fourth-order valence-corrected chi connectivity index (χ4v) is 3.71. The lowest BCUT2D eigenvalue weighted by atomic mass is 9.68. The van der Waals surface area contributed by atoms with Crippen LogP contribution >= 0.6 is 0 Å². The van der Waals surface area contributed by atoms with Crippen molar-refractivity contribution in [2.24, 2.45) is 0 Å². The van der Waals surface area contributed by atoms with Gasteiger partial charge in [-0.1, -0.05) is 48.5 Å². The van der Waals surface area contributed by atoms with Gasteiger partial charge in [-0.3, -0.25) is 0 Å². The summed E-state index contributed by atoms with van der Waals surface area (Å²) in [6.45, 7) is 2.23. The van der Waals surface area contributed by atoms with Gasteiger partial charge in [-0.05, 0) is 47.9 Å². The van der Waals surface area contributed by atoms with Gasteiger partial charge >= 0.3 is 5.97 Å². The fraction of sp³-hybridized carbons (Fsp3) is 0.136. The van der Waals surface area contributed by atoms with E-state index in [9.17, 15) is 4.79 Å².